The van der Waals surface area contributed by atoms with Crippen LogP contribution in [-0.4, -0.2) is 12.1 Å². The Labute approximate surface area is 319 Å². The maximum Gasteiger partial charge on any atom is 0.0539 e. The van der Waals surface area contributed by atoms with E-state index in [4.69, 9.17) is 0 Å². The number of hydrogen-bond donors (Lipinski definition) is 0. The summed E-state index contributed by atoms with van der Waals surface area (Å²) in [6, 6.07) is 55.3. The van der Waals surface area contributed by atoms with Crippen molar-refractivity contribution in [1.82, 2.24) is 0 Å². The molecule has 3 aliphatic carbocycles. The standard InChI is InChI=1S/C52H44N2/c1-4-13-39(14-5-1)41-23-31-47(32-24-41)53(46-19-8-3-9-20-46)48-33-25-43(26-34-48)44-29-37-50(38-30-44)54(52-22-12-18-45-17-10-11-21-51(45)52)49-35-27-42(28-36-49)40-15-6-2-7-16-40/h1-19,21-29,31-33,35-38,44,46,48H,20,30,34H2. The zero-order valence-corrected chi connectivity index (χ0v) is 30.5. The Kier molecular flexibility index (Phi) is 9.48. The van der Waals surface area contributed by atoms with Gasteiger partial charge in [0.15, 0.2) is 0 Å². The average molecular weight is 697 g/mol. The van der Waals surface area contributed by atoms with Gasteiger partial charge in [-0.3, -0.25) is 0 Å². The molecule has 0 saturated heterocycles. The number of allylic oxidation sites excluding steroid dienone is 7. The largest absolute Gasteiger partial charge is 0.358 e. The molecule has 3 aliphatic rings. The lowest BCUT2D eigenvalue weighted by Crippen LogP contribution is -2.42. The fourth-order valence-electron chi connectivity index (χ4n) is 8.25. The van der Waals surface area contributed by atoms with Gasteiger partial charge in [-0.1, -0.05) is 176 Å². The fourth-order valence-corrected chi connectivity index (χ4v) is 8.25. The van der Waals surface area contributed by atoms with Crippen LogP contribution in [-0.2, 0) is 0 Å². The minimum Gasteiger partial charge on any atom is -0.358 e. The van der Waals surface area contributed by atoms with Crippen molar-refractivity contribution in [1.29, 1.82) is 0 Å². The van der Waals surface area contributed by atoms with Gasteiger partial charge in [-0.25, -0.2) is 0 Å². The SMILES string of the molecule is C1=CCC(N(c2ccc(-c3ccccc3)cc2)C2C=CC(C3C=CC(N(c4ccc(-c5ccccc5)cc4)c4cccc5ccccc45)=CC3)=CC2)C=C1. The fraction of sp³-hybridized carbons (Fsp3) is 0.115. The molecule has 54 heavy (non-hydrogen) atoms. The Balaban J connectivity index is 0.961. The molecule has 9 rings (SSSR count). The quantitative estimate of drug-likeness (QED) is 0.148. The molecule has 0 amide bonds. The Hall–Kier alpha value is -6.38. The van der Waals surface area contributed by atoms with Crippen molar-refractivity contribution in [2.45, 2.75) is 31.3 Å². The first kappa shape index (κ1) is 33.5. The van der Waals surface area contributed by atoms with E-state index in [-0.39, 0.29) is 6.04 Å². The van der Waals surface area contributed by atoms with Crippen molar-refractivity contribution < 1.29 is 0 Å². The Bertz CT molecular complexity index is 2410. The van der Waals surface area contributed by atoms with E-state index in [1.807, 2.05) is 0 Å². The van der Waals surface area contributed by atoms with E-state index >= 15 is 0 Å². The first-order valence-corrected chi connectivity index (χ1v) is 19.3. The van der Waals surface area contributed by atoms with Crippen molar-refractivity contribution in [2.75, 3.05) is 9.80 Å². The van der Waals surface area contributed by atoms with Crippen molar-refractivity contribution >= 4 is 27.8 Å². The summed E-state index contributed by atoms with van der Waals surface area (Å²) in [4.78, 5) is 5.04. The molecule has 0 aromatic heterocycles. The van der Waals surface area contributed by atoms with Gasteiger partial charge in [0.25, 0.3) is 0 Å². The van der Waals surface area contributed by atoms with E-state index in [1.54, 1.807) is 0 Å². The molecule has 0 spiro atoms. The minimum atomic E-state index is 0.289. The molecule has 6 aromatic carbocycles. The second-order valence-corrected chi connectivity index (χ2v) is 14.4. The molecule has 0 saturated carbocycles. The smallest absolute Gasteiger partial charge is 0.0539 e. The van der Waals surface area contributed by atoms with Crippen LogP contribution in [0.2, 0.25) is 0 Å². The van der Waals surface area contributed by atoms with Crippen LogP contribution in [0, 0.1) is 5.92 Å². The molecule has 2 heteroatoms. The Morgan fingerprint density at radius 1 is 0.444 bits per heavy atom. The monoisotopic (exact) mass is 696 g/mol. The van der Waals surface area contributed by atoms with Gasteiger partial charge >= 0.3 is 0 Å². The van der Waals surface area contributed by atoms with Crippen molar-refractivity contribution in [3.8, 4) is 22.3 Å². The molecule has 3 unspecified atom stereocenters. The van der Waals surface area contributed by atoms with Crippen LogP contribution in [0.1, 0.15) is 19.3 Å². The van der Waals surface area contributed by atoms with E-state index in [0.717, 1.165) is 24.9 Å². The number of anilines is 3. The minimum absolute atomic E-state index is 0.289. The van der Waals surface area contributed by atoms with Crippen LogP contribution in [0.25, 0.3) is 33.0 Å². The van der Waals surface area contributed by atoms with E-state index in [0.29, 0.717) is 12.0 Å². The van der Waals surface area contributed by atoms with Crippen LogP contribution in [0.5, 0.6) is 0 Å². The van der Waals surface area contributed by atoms with E-state index in [2.05, 4.69) is 222 Å². The van der Waals surface area contributed by atoms with Gasteiger partial charge in [0.05, 0.1) is 17.8 Å². The Morgan fingerprint density at radius 2 is 1.07 bits per heavy atom. The summed E-state index contributed by atoms with van der Waals surface area (Å²) in [6.07, 6.45) is 26.5. The van der Waals surface area contributed by atoms with Crippen LogP contribution in [0.3, 0.4) is 0 Å². The zero-order valence-electron chi connectivity index (χ0n) is 30.5. The lowest BCUT2D eigenvalue weighted by molar-refractivity contribution is 0.609. The maximum absolute atomic E-state index is 2.61. The maximum atomic E-state index is 2.61. The molecule has 0 radical (unpaired) electrons. The van der Waals surface area contributed by atoms with E-state index in [9.17, 15) is 0 Å². The van der Waals surface area contributed by atoms with Gasteiger partial charge < -0.3 is 9.80 Å². The van der Waals surface area contributed by atoms with Gasteiger partial charge in [-0.05, 0) is 88.9 Å². The van der Waals surface area contributed by atoms with Gasteiger partial charge in [0.2, 0.25) is 0 Å². The number of benzene rings is 6. The lowest BCUT2D eigenvalue weighted by atomic mass is 9.86. The summed E-state index contributed by atoms with van der Waals surface area (Å²) in [6.45, 7) is 0. The molecule has 0 N–H and O–H groups in total. The summed E-state index contributed by atoms with van der Waals surface area (Å²) >= 11 is 0. The van der Waals surface area contributed by atoms with Crippen molar-refractivity contribution in [3.63, 3.8) is 0 Å². The highest BCUT2D eigenvalue weighted by atomic mass is 15.2. The van der Waals surface area contributed by atoms with Crippen molar-refractivity contribution in [2.24, 2.45) is 5.92 Å². The van der Waals surface area contributed by atoms with Gasteiger partial charge in [0, 0.05) is 28.4 Å². The third-order valence-electron chi connectivity index (χ3n) is 11.1. The molecule has 3 atom stereocenters. The molecule has 2 nitrogen and oxygen atoms in total. The normalized spacial score (nSPS) is 19.0. The molecular formula is C52H44N2. The van der Waals surface area contributed by atoms with Gasteiger partial charge in [-0.15, -0.1) is 0 Å². The second kappa shape index (κ2) is 15.3. The lowest BCUT2D eigenvalue weighted by Gasteiger charge is -2.39. The third-order valence-corrected chi connectivity index (χ3v) is 11.1. The molecule has 0 bridgehead atoms. The van der Waals surface area contributed by atoms with Gasteiger partial charge in [0.1, 0.15) is 0 Å². The number of fused-ring (bicyclic) bond motifs is 1. The average Bonchev–Trinajstić information content (AvgIpc) is 3.26. The first-order valence-electron chi connectivity index (χ1n) is 19.3. The molecule has 0 aliphatic heterocycles. The van der Waals surface area contributed by atoms with E-state index in [1.165, 1.54) is 55.7 Å². The van der Waals surface area contributed by atoms with Crippen LogP contribution in [0.15, 0.2) is 224 Å². The summed E-state index contributed by atoms with van der Waals surface area (Å²) in [7, 11) is 0. The summed E-state index contributed by atoms with van der Waals surface area (Å²) in [5.41, 5.74) is 11.2. The molecule has 262 valence electrons. The third kappa shape index (κ3) is 6.91. The molecule has 6 aromatic rings. The van der Waals surface area contributed by atoms with E-state index < -0.39 is 0 Å². The highest BCUT2D eigenvalue weighted by Gasteiger charge is 2.27. The Morgan fingerprint density at radius 3 is 1.70 bits per heavy atom. The van der Waals surface area contributed by atoms with Crippen LogP contribution in [0.4, 0.5) is 17.1 Å². The van der Waals surface area contributed by atoms with Crippen LogP contribution >= 0.6 is 0 Å². The number of hydrogen-bond acceptors (Lipinski definition) is 2. The summed E-state index contributed by atoms with van der Waals surface area (Å²) in [5.74, 6) is 0.344. The second-order valence-electron chi connectivity index (χ2n) is 14.4. The topological polar surface area (TPSA) is 6.48 Å². The predicted octanol–water partition coefficient (Wildman–Crippen LogP) is 13.4. The zero-order chi connectivity index (χ0) is 36.1. The van der Waals surface area contributed by atoms with Gasteiger partial charge in [-0.2, -0.15) is 0 Å². The first-order chi connectivity index (χ1) is 26.8. The molecular weight excluding hydrogens is 653 g/mol. The highest BCUT2D eigenvalue weighted by Crippen LogP contribution is 2.40. The predicted molar refractivity (Wildman–Crippen MR) is 230 cm³/mol. The number of nitrogens with zero attached hydrogens (tertiary/aromatic N) is 2. The number of rotatable bonds is 9. The molecule has 0 heterocycles. The van der Waals surface area contributed by atoms with Crippen LogP contribution < -0.4 is 9.80 Å². The van der Waals surface area contributed by atoms with Crippen molar-refractivity contribution in [3.05, 3.63) is 224 Å². The highest BCUT2D eigenvalue weighted by molar-refractivity contribution is 5.97. The summed E-state index contributed by atoms with van der Waals surface area (Å²) < 4.78 is 0. The summed E-state index contributed by atoms with van der Waals surface area (Å²) in [5, 5.41) is 2.49. The molecule has 0 fully saturated rings.